The third-order valence-electron chi connectivity index (χ3n) is 3.90. The van der Waals surface area contributed by atoms with Gasteiger partial charge in [0.15, 0.2) is 5.03 Å². The molecule has 11 heteroatoms. The second-order valence-electron chi connectivity index (χ2n) is 6.15. The second kappa shape index (κ2) is 6.82. The van der Waals surface area contributed by atoms with Crippen molar-refractivity contribution in [3.8, 4) is 0 Å². The predicted molar refractivity (Wildman–Crippen MR) is 99.2 cm³/mol. The molecule has 3 heterocycles. The minimum atomic E-state index is -3.83. The van der Waals surface area contributed by atoms with E-state index in [1.54, 1.807) is 23.1 Å². The van der Waals surface area contributed by atoms with Gasteiger partial charge in [-0.15, -0.1) is 11.3 Å². The van der Waals surface area contributed by atoms with Crippen molar-refractivity contribution in [3.05, 3.63) is 44.3 Å². The highest BCUT2D eigenvalue weighted by molar-refractivity contribution is 7.89. The standard InChI is InChI=1S/C15H19N5O4S2/c1-9(2)13-18-11(8-19(13)3)26(23,24)16-5-6-20-14(21)12-10(4-7-25-12)17-15(20)22/h4,7-9,16H,5-6H2,1-3H3,(H,17,22). The number of imidazole rings is 1. The number of aromatic nitrogens is 4. The highest BCUT2D eigenvalue weighted by Gasteiger charge is 2.20. The van der Waals surface area contributed by atoms with Gasteiger partial charge in [-0.2, -0.15) is 0 Å². The van der Waals surface area contributed by atoms with E-state index in [9.17, 15) is 18.0 Å². The summed E-state index contributed by atoms with van der Waals surface area (Å²) < 4.78 is 30.3. The van der Waals surface area contributed by atoms with Crippen LogP contribution in [0.2, 0.25) is 0 Å². The minimum Gasteiger partial charge on any atom is -0.336 e. The number of H-pyrrole nitrogens is 1. The van der Waals surface area contributed by atoms with Crippen LogP contribution in [0.4, 0.5) is 0 Å². The average Bonchev–Trinajstić information content (AvgIpc) is 3.17. The molecule has 2 N–H and O–H groups in total. The van der Waals surface area contributed by atoms with Crippen LogP contribution in [-0.2, 0) is 23.6 Å². The zero-order valence-electron chi connectivity index (χ0n) is 14.5. The molecule has 3 aromatic heterocycles. The molecule has 0 unspecified atom stereocenters. The summed E-state index contributed by atoms with van der Waals surface area (Å²) in [5, 5.41) is 1.63. The topological polar surface area (TPSA) is 119 Å². The molecule has 3 aromatic rings. The Morgan fingerprint density at radius 2 is 2.08 bits per heavy atom. The Bertz CT molecular complexity index is 1170. The molecule has 9 nitrogen and oxygen atoms in total. The molecule has 0 atom stereocenters. The number of sulfonamides is 1. The maximum Gasteiger partial charge on any atom is 0.328 e. The molecule has 0 aliphatic carbocycles. The lowest BCUT2D eigenvalue weighted by Crippen LogP contribution is -2.38. The van der Waals surface area contributed by atoms with Crippen molar-refractivity contribution < 1.29 is 8.42 Å². The first-order chi connectivity index (χ1) is 12.2. The lowest BCUT2D eigenvalue weighted by molar-refractivity contribution is 0.563. The summed E-state index contributed by atoms with van der Waals surface area (Å²) in [5.74, 6) is 0.736. The number of rotatable bonds is 6. The summed E-state index contributed by atoms with van der Waals surface area (Å²) in [5.41, 5.74) is -0.519. The van der Waals surface area contributed by atoms with Crippen LogP contribution in [0.1, 0.15) is 25.6 Å². The molecule has 0 fully saturated rings. The summed E-state index contributed by atoms with van der Waals surface area (Å²) in [4.78, 5) is 31.1. The van der Waals surface area contributed by atoms with E-state index in [-0.39, 0.29) is 24.0 Å². The van der Waals surface area contributed by atoms with Crippen LogP contribution in [0, 0.1) is 0 Å². The molecule has 0 aromatic carbocycles. The third-order valence-corrected chi connectivity index (χ3v) is 6.13. The fourth-order valence-electron chi connectivity index (χ4n) is 2.66. The molecule has 0 saturated carbocycles. The maximum atomic E-state index is 12.4. The van der Waals surface area contributed by atoms with Crippen molar-refractivity contribution in [2.45, 2.75) is 31.3 Å². The molecular weight excluding hydrogens is 378 g/mol. The van der Waals surface area contributed by atoms with Gasteiger partial charge in [-0.1, -0.05) is 13.8 Å². The number of hydrogen-bond acceptors (Lipinski definition) is 6. The molecule has 3 rings (SSSR count). The van der Waals surface area contributed by atoms with Gasteiger partial charge in [0.05, 0.1) is 5.52 Å². The van der Waals surface area contributed by atoms with Crippen LogP contribution < -0.4 is 16.0 Å². The van der Waals surface area contributed by atoms with Gasteiger partial charge >= 0.3 is 5.69 Å². The molecule has 0 aliphatic heterocycles. The zero-order chi connectivity index (χ0) is 19.1. The van der Waals surface area contributed by atoms with E-state index in [2.05, 4.69) is 14.7 Å². The van der Waals surface area contributed by atoms with E-state index in [0.717, 1.165) is 4.57 Å². The summed E-state index contributed by atoms with van der Waals surface area (Å²) >= 11 is 1.22. The number of nitrogens with zero attached hydrogens (tertiary/aromatic N) is 3. The Morgan fingerprint density at radius 3 is 2.73 bits per heavy atom. The summed E-state index contributed by atoms with van der Waals surface area (Å²) in [6, 6.07) is 1.66. The van der Waals surface area contributed by atoms with Gasteiger partial charge < -0.3 is 9.55 Å². The van der Waals surface area contributed by atoms with E-state index < -0.39 is 21.3 Å². The number of aryl methyl sites for hydroxylation is 1. The van der Waals surface area contributed by atoms with E-state index in [1.165, 1.54) is 17.5 Å². The van der Waals surface area contributed by atoms with Gasteiger partial charge in [0.1, 0.15) is 10.5 Å². The normalized spacial score (nSPS) is 12.3. The maximum absolute atomic E-state index is 12.4. The van der Waals surface area contributed by atoms with E-state index >= 15 is 0 Å². The molecule has 0 saturated heterocycles. The largest absolute Gasteiger partial charge is 0.336 e. The Kier molecular flexibility index (Phi) is 4.86. The predicted octanol–water partition coefficient (Wildman–Crippen LogP) is 0.587. The average molecular weight is 397 g/mol. The lowest BCUT2D eigenvalue weighted by Gasteiger charge is -2.06. The Labute approximate surface area is 153 Å². The molecule has 140 valence electrons. The van der Waals surface area contributed by atoms with Gasteiger partial charge in [0, 0.05) is 32.3 Å². The minimum absolute atomic E-state index is 0.0783. The number of thiophene rings is 1. The number of nitrogens with one attached hydrogen (secondary N) is 2. The van der Waals surface area contributed by atoms with Crippen molar-refractivity contribution >= 4 is 31.6 Å². The van der Waals surface area contributed by atoms with Crippen molar-refractivity contribution in [2.75, 3.05) is 6.54 Å². The van der Waals surface area contributed by atoms with E-state index in [4.69, 9.17) is 0 Å². The second-order valence-corrected chi connectivity index (χ2v) is 8.78. The first-order valence-electron chi connectivity index (χ1n) is 7.94. The monoisotopic (exact) mass is 397 g/mol. The first-order valence-corrected chi connectivity index (χ1v) is 10.3. The quantitative estimate of drug-likeness (QED) is 0.631. The van der Waals surface area contributed by atoms with Crippen LogP contribution in [-0.4, -0.2) is 34.1 Å². The summed E-state index contributed by atoms with van der Waals surface area (Å²) in [7, 11) is -2.10. The Hall–Kier alpha value is -2.24. The molecule has 0 bridgehead atoms. The number of hydrogen-bond donors (Lipinski definition) is 2. The smallest absolute Gasteiger partial charge is 0.328 e. The molecule has 26 heavy (non-hydrogen) atoms. The Morgan fingerprint density at radius 1 is 1.35 bits per heavy atom. The third kappa shape index (κ3) is 3.37. The lowest BCUT2D eigenvalue weighted by atomic mass is 10.2. The number of fused-ring (bicyclic) bond motifs is 1. The van der Waals surface area contributed by atoms with Gasteiger partial charge in [0.25, 0.3) is 15.6 Å². The van der Waals surface area contributed by atoms with Crippen LogP contribution in [0.15, 0.2) is 32.3 Å². The van der Waals surface area contributed by atoms with Gasteiger partial charge in [-0.05, 0) is 11.4 Å². The number of aromatic amines is 1. The van der Waals surface area contributed by atoms with Crippen LogP contribution in [0.3, 0.4) is 0 Å². The van der Waals surface area contributed by atoms with Gasteiger partial charge in [0.2, 0.25) is 0 Å². The molecule has 0 amide bonds. The zero-order valence-corrected chi connectivity index (χ0v) is 16.1. The van der Waals surface area contributed by atoms with Crippen LogP contribution in [0.5, 0.6) is 0 Å². The highest BCUT2D eigenvalue weighted by Crippen LogP contribution is 2.16. The fraction of sp³-hybridized carbons (Fsp3) is 0.400. The van der Waals surface area contributed by atoms with Crippen LogP contribution >= 0.6 is 11.3 Å². The molecular formula is C15H19N5O4S2. The fourth-order valence-corrected chi connectivity index (χ4v) is 4.47. The SMILES string of the molecule is CC(C)c1nc(S(=O)(=O)NCCn2c(=O)[nH]c3ccsc3c2=O)cn1C. The van der Waals surface area contributed by atoms with Crippen molar-refractivity contribution in [3.63, 3.8) is 0 Å². The molecule has 0 radical (unpaired) electrons. The van der Waals surface area contributed by atoms with Gasteiger partial charge in [-0.25, -0.2) is 22.9 Å². The highest BCUT2D eigenvalue weighted by atomic mass is 32.2. The van der Waals surface area contributed by atoms with Gasteiger partial charge in [-0.3, -0.25) is 9.36 Å². The Balaban J connectivity index is 1.78. The van der Waals surface area contributed by atoms with E-state index in [0.29, 0.717) is 16.0 Å². The summed E-state index contributed by atoms with van der Waals surface area (Å²) in [6.07, 6.45) is 1.44. The molecule has 0 aliphatic rings. The molecule has 0 spiro atoms. The van der Waals surface area contributed by atoms with Crippen molar-refractivity contribution in [1.29, 1.82) is 0 Å². The van der Waals surface area contributed by atoms with E-state index in [1.807, 2.05) is 13.8 Å². The van der Waals surface area contributed by atoms with Crippen LogP contribution in [0.25, 0.3) is 10.2 Å². The van der Waals surface area contributed by atoms with Crippen molar-refractivity contribution in [2.24, 2.45) is 7.05 Å². The summed E-state index contributed by atoms with van der Waals surface area (Å²) in [6.45, 7) is 3.66. The van der Waals surface area contributed by atoms with Crippen molar-refractivity contribution in [1.82, 2.24) is 23.8 Å². The first kappa shape index (κ1) is 18.5.